The number of hydrogen-bond acceptors (Lipinski definition) is 9. The number of methoxy groups -OCH3 is 1. The highest BCUT2D eigenvalue weighted by Crippen LogP contribution is 2.05. The van der Waals surface area contributed by atoms with Crippen molar-refractivity contribution in [3.63, 3.8) is 0 Å². The van der Waals surface area contributed by atoms with E-state index in [0.29, 0.717) is 19.8 Å². The quantitative estimate of drug-likeness (QED) is 0.162. The fourth-order valence-electron chi connectivity index (χ4n) is 2.18. The molecule has 0 aliphatic rings. The normalized spacial score (nSPS) is 9.44. The minimum Gasteiger partial charge on any atom is -0.461 e. The Morgan fingerprint density at radius 3 is 1.47 bits per heavy atom. The molecular weight excluding hydrogens is 420 g/mol. The zero-order chi connectivity index (χ0) is 25.0. The zero-order valence-electron chi connectivity index (χ0n) is 20.4. The van der Waals surface area contributed by atoms with Crippen LogP contribution in [0.2, 0.25) is 0 Å². The highest BCUT2D eigenvalue weighted by Gasteiger charge is 2.14. The second-order valence-corrected chi connectivity index (χ2v) is 6.89. The molecule has 0 unspecified atom stereocenters. The lowest BCUT2D eigenvalue weighted by molar-refractivity contribution is -0.165. The molecule has 0 aliphatic heterocycles. The van der Waals surface area contributed by atoms with E-state index in [2.05, 4.69) is 21.1 Å². The Labute approximate surface area is 192 Å². The van der Waals surface area contributed by atoms with E-state index in [1.165, 1.54) is 26.2 Å². The number of aliphatic hydroxyl groups excluding tert-OH is 2. The molecule has 9 nitrogen and oxygen atoms in total. The van der Waals surface area contributed by atoms with Gasteiger partial charge >= 0.3 is 17.9 Å². The molecule has 0 atom stereocenters. The summed E-state index contributed by atoms with van der Waals surface area (Å²) in [7, 11) is 1.16. The van der Waals surface area contributed by atoms with Crippen molar-refractivity contribution >= 4 is 23.7 Å². The van der Waals surface area contributed by atoms with Crippen molar-refractivity contribution in [3.8, 4) is 0 Å². The SMILES string of the molecule is CCCCCCCCOC(=O)C(=O)OC.CCOC(=O)C(C)=O.OCCCCCCCO. The van der Waals surface area contributed by atoms with Gasteiger partial charge in [-0.2, -0.15) is 0 Å². The molecule has 2 N–H and O–H groups in total. The highest BCUT2D eigenvalue weighted by atomic mass is 16.6. The summed E-state index contributed by atoms with van der Waals surface area (Å²) < 4.78 is 13.2. The minimum absolute atomic E-state index is 0.262. The fourth-order valence-corrected chi connectivity index (χ4v) is 2.18. The molecule has 0 aromatic carbocycles. The third-order valence-electron chi connectivity index (χ3n) is 3.96. The van der Waals surface area contributed by atoms with Gasteiger partial charge in [0.15, 0.2) is 0 Å². The van der Waals surface area contributed by atoms with Crippen molar-refractivity contribution in [2.24, 2.45) is 0 Å². The first kappa shape index (κ1) is 34.6. The molecule has 0 heterocycles. The largest absolute Gasteiger partial charge is 0.461 e. The van der Waals surface area contributed by atoms with Crippen LogP contribution in [0.3, 0.4) is 0 Å². The molecular formula is C23H44O9. The van der Waals surface area contributed by atoms with Crippen LogP contribution in [0.5, 0.6) is 0 Å². The van der Waals surface area contributed by atoms with Crippen LogP contribution in [-0.4, -0.2) is 67.4 Å². The molecule has 0 bridgehead atoms. The number of rotatable bonds is 15. The van der Waals surface area contributed by atoms with Gasteiger partial charge < -0.3 is 24.4 Å². The number of esters is 3. The Morgan fingerprint density at radius 1 is 0.625 bits per heavy atom. The van der Waals surface area contributed by atoms with Crippen LogP contribution in [0.1, 0.15) is 91.4 Å². The van der Waals surface area contributed by atoms with E-state index in [4.69, 9.17) is 10.2 Å². The van der Waals surface area contributed by atoms with Crippen molar-refractivity contribution in [2.75, 3.05) is 33.5 Å². The number of carbonyl (C=O) groups excluding carboxylic acids is 4. The summed E-state index contributed by atoms with van der Waals surface area (Å²) in [5, 5.41) is 16.7. The van der Waals surface area contributed by atoms with Crippen molar-refractivity contribution in [1.29, 1.82) is 0 Å². The third kappa shape index (κ3) is 30.2. The van der Waals surface area contributed by atoms with Crippen molar-refractivity contribution < 1.29 is 43.6 Å². The van der Waals surface area contributed by atoms with Crippen LogP contribution in [0.15, 0.2) is 0 Å². The highest BCUT2D eigenvalue weighted by molar-refractivity contribution is 6.32. The topological polar surface area (TPSA) is 136 Å². The van der Waals surface area contributed by atoms with Crippen LogP contribution in [0, 0.1) is 0 Å². The Bertz CT molecular complexity index is 458. The summed E-state index contributed by atoms with van der Waals surface area (Å²) in [6.45, 7) is 6.17. The molecule has 0 saturated carbocycles. The minimum atomic E-state index is -0.930. The molecule has 0 amide bonds. The number of ether oxygens (including phenoxy) is 3. The lowest BCUT2D eigenvalue weighted by atomic mass is 10.1. The second-order valence-electron chi connectivity index (χ2n) is 6.89. The summed E-state index contributed by atoms with van der Waals surface area (Å²) in [6, 6.07) is 0. The van der Waals surface area contributed by atoms with Gasteiger partial charge in [-0.05, 0) is 26.2 Å². The maximum absolute atomic E-state index is 10.8. The lowest BCUT2D eigenvalue weighted by Gasteiger charge is -2.02. The van der Waals surface area contributed by atoms with Crippen LogP contribution >= 0.6 is 0 Å². The number of hydrogen-bond donors (Lipinski definition) is 2. The first-order valence-corrected chi connectivity index (χ1v) is 11.5. The average Bonchev–Trinajstić information content (AvgIpc) is 2.78. The average molecular weight is 465 g/mol. The van der Waals surface area contributed by atoms with Crippen LogP contribution in [0.4, 0.5) is 0 Å². The number of unbranched alkanes of at least 4 members (excludes halogenated alkanes) is 9. The first-order valence-electron chi connectivity index (χ1n) is 11.5. The number of Topliss-reactive ketones (excluding diaryl/α,β-unsaturated/α-hetero) is 1. The summed E-state index contributed by atoms with van der Waals surface area (Å²) in [5.74, 6) is -3.13. The van der Waals surface area contributed by atoms with Crippen molar-refractivity contribution in [1.82, 2.24) is 0 Å². The molecule has 32 heavy (non-hydrogen) atoms. The number of carbonyl (C=O) groups is 4. The summed E-state index contributed by atoms with van der Waals surface area (Å²) in [5.41, 5.74) is 0. The van der Waals surface area contributed by atoms with Gasteiger partial charge in [-0.3, -0.25) is 4.79 Å². The van der Waals surface area contributed by atoms with Crippen LogP contribution < -0.4 is 0 Å². The van der Waals surface area contributed by atoms with E-state index < -0.39 is 23.7 Å². The van der Waals surface area contributed by atoms with Gasteiger partial charge in [0.25, 0.3) is 0 Å². The molecule has 190 valence electrons. The summed E-state index contributed by atoms with van der Waals surface area (Å²) in [6.07, 6.45) is 11.8. The predicted octanol–water partition coefficient (Wildman–Crippen LogP) is 3.12. The molecule has 9 heteroatoms. The first-order chi connectivity index (χ1) is 15.3. The van der Waals surface area contributed by atoms with Gasteiger partial charge in [0.05, 0.1) is 20.3 Å². The summed E-state index contributed by atoms with van der Waals surface area (Å²) >= 11 is 0. The second kappa shape index (κ2) is 29.0. The fraction of sp³-hybridized carbons (Fsp3) is 0.826. The lowest BCUT2D eigenvalue weighted by Crippen LogP contribution is -2.19. The predicted molar refractivity (Wildman–Crippen MR) is 121 cm³/mol. The van der Waals surface area contributed by atoms with E-state index in [1.54, 1.807) is 6.92 Å². The van der Waals surface area contributed by atoms with Gasteiger partial charge in [-0.15, -0.1) is 0 Å². The van der Waals surface area contributed by atoms with E-state index in [0.717, 1.165) is 58.5 Å². The molecule has 0 spiro atoms. The molecule has 0 rings (SSSR count). The van der Waals surface area contributed by atoms with E-state index >= 15 is 0 Å². The Kier molecular flexibility index (Phi) is 31.4. The third-order valence-corrected chi connectivity index (χ3v) is 3.96. The van der Waals surface area contributed by atoms with Gasteiger partial charge in [0, 0.05) is 20.1 Å². The Hall–Kier alpha value is -2.00. The Morgan fingerprint density at radius 2 is 1.09 bits per heavy atom. The van der Waals surface area contributed by atoms with E-state index in [1.807, 2.05) is 0 Å². The van der Waals surface area contributed by atoms with Gasteiger partial charge in [0.1, 0.15) is 0 Å². The van der Waals surface area contributed by atoms with E-state index in [9.17, 15) is 19.2 Å². The maximum Gasteiger partial charge on any atom is 0.417 e. The van der Waals surface area contributed by atoms with Gasteiger partial charge in [-0.1, -0.05) is 58.3 Å². The van der Waals surface area contributed by atoms with Crippen LogP contribution in [0.25, 0.3) is 0 Å². The summed E-state index contributed by atoms with van der Waals surface area (Å²) in [4.78, 5) is 41.7. The van der Waals surface area contributed by atoms with Crippen LogP contribution in [-0.2, 0) is 33.4 Å². The molecule has 0 aliphatic carbocycles. The van der Waals surface area contributed by atoms with Gasteiger partial charge in [0.2, 0.25) is 5.78 Å². The number of ketones is 1. The molecule has 0 aromatic heterocycles. The smallest absolute Gasteiger partial charge is 0.417 e. The molecule has 0 saturated heterocycles. The van der Waals surface area contributed by atoms with Crippen molar-refractivity contribution in [2.45, 2.75) is 91.4 Å². The Balaban J connectivity index is -0.000000424. The molecule has 0 radical (unpaired) electrons. The standard InChI is InChI=1S/C11H20O4.C7H16O2.C5H8O3/c1-3-4-5-6-7-8-9-15-11(13)10(12)14-2;8-6-4-2-1-3-5-7-9;1-3-8-5(7)4(2)6/h3-9H2,1-2H3;8-9H,1-7H2;3H2,1-2H3. The molecule has 0 aromatic rings. The number of aliphatic hydroxyl groups is 2. The van der Waals surface area contributed by atoms with Crippen molar-refractivity contribution in [3.05, 3.63) is 0 Å². The molecule has 0 fully saturated rings. The van der Waals surface area contributed by atoms with Gasteiger partial charge in [-0.25, -0.2) is 14.4 Å². The monoisotopic (exact) mass is 464 g/mol. The maximum atomic E-state index is 10.8. The van der Waals surface area contributed by atoms with E-state index in [-0.39, 0.29) is 6.61 Å². The zero-order valence-corrected chi connectivity index (χ0v) is 20.4.